The van der Waals surface area contributed by atoms with Crippen LogP contribution < -0.4 is 5.14 Å². The second-order valence-corrected chi connectivity index (χ2v) is 5.33. The van der Waals surface area contributed by atoms with Gasteiger partial charge in [0.05, 0.1) is 14.4 Å². The van der Waals surface area contributed by atoms with Crippen molar-refractivity contribution in [2.75, 3.05) is 0 Å². The van der Waals surface area contributed by atoms with Crippen LogP contribution in [0.2, 0.25) is 5.02 Å². The molecule has 0 unspecified atom stereocenters. The number of sulfonamides is 1. The molecule has 0 saturated heterocycles. The van der Waals surface area contributed by atoms with Gasteiger partial charge in [0.1, 0.15) is 4.90 Å². The summed E-state index contributed by atoms with van der Waals surface area (Å²) in [5.74, 6) is 0. The Bertz CT molecular complexity index is 530. The van der Waals surface area contributed by atoms with Gasteiger partial charge in [-0.25, -0.2) is 13.6 Å². The Balaban J connectivity index is 3.58. The standard InChI is InChI=1S/C6H4BrClN2O4S/c7-3-1-4(8)6(15(9,13)14)2-5(3)10(11)12/h1-2H,(H2,9,13,14). The van der Waals surface area contributed by atoms with Crippen LogP contribution in [0.1, 0.15) is 0 Å². The minimum absolute atomic E-state index is 0.0879. The van der Waals surface area contributed by atoms with Crippen LogP contribution in [0.15, 0.2) is 21.5 Å². The highest BCUT2D eigenvalue weighted by Crippen LogP contribution is 2.32. The van der Waals surface area contributed by atoms with Gasteiger partial charge in [-0.2, -0.15) is 0 Å². The molecule has 0 fully saturated rings. The van der Waals surface area contributed by atoms with Gasteiger partial charge in [0.2, 0.25) is 10.0 Å². The largest absolute Gasteiger partial charge is 0.284 e. The number of rotatable bonds is 2. The molecule has 2 N–H and O–H groups in total. The van der Waals surface area contributed by atoms with Crippen LogP contribution in [0.3, 0.4) is 0 Å². The van der Waals surface area contributed by atoms with Gasteiger partial charge in [-0.15, -0.1) is 0 Å². The number of nitro groups is 1. The zero-order valence-corrected chi connectivity index (χ0v) is 10.1. The van der Waals surface area contributed by atoms with Crippen molar-refractivity contribution in [3.8, 4) is 0 Å². The Labute approximate surface area is 98.4 Å². The number of halogens is 2. The summed E-state index contributed by atoms with van der Waals surface area (Å²) in [6, 6.07) is 1.92. The van der Waals surface area contributed by atoms with Gasteiger partial charge in [0.15, 0.2) is 0 Å². The van der Waals surface area contributed by atoms with Crippen LogP contribution in [0.25, 0.3) is 0 Å². The molecular formula is C6H4BrClN2O4S. The van der Waals surface area contributed by atoms with E-state index < -0.39 is 25.5 Å². The first kappa shape index (κ1) is 12.4. The van der Waals surface area contributed by atoms with Gasteiger partial charge in [0.25, 0.3) is 5.69 Å². The van der Waals surface area contributed by atoms with Crippen LogP contribution in [0.5, 0.6) is 0 Å². The highest BCUT2D eigenvalue weighted by Gasteiger charge is 2.21. The van der Waals surface area contributed by atoms with Gasteiger partial charge in [-0.05, 0) is 22.0 Å². The van der Waals surface area contributed by atoms with E-state index in [-0.39, 0.29) is 9.50 Å². The predicted molar refractivity (Wildman–Crippen MR) is 57.2 cm³/mol. The SMILES string of the molecule is NS(=O)(=O)c1cc([N+](=O)[O-])c(Br)cc1Cl. The van der Waals surface area contributed by atoms with E-state index >= 15 is 0 Å². The van der Waals surface area contributed by atoms with Crippen LogP contribution in [0.4, 0.5) is 5.69 Å². The maximum absolute atomic E-state index is 11.0. The first-order valence-corrected chi connectivity index (χ1v) is 6.11. The molecule has 0 amide bonds. The highest BCUT2D eigenvalue weighted by molar-refractivity contribution is 9.10. The molecule has 0 aliphatic heterocycles. The summed E-state index contributed by atoms with van der Waals surface area (Å²) in [6.45, 7) is 0. The molecule has 0 heterocycles. The number of nitro benzene ring substituents is 1. The van der Waals surface area contributed by atoms with E-state index in [9.17, 15) is 18.5 Å². The second-order valence-electron chi connectivity index (χ2n) is 2.54. The summed E-state index contributed by atoms with van der Waals surface area (Å²) in [7, 11) is -4.06. The van der Waals surface area contributed by atoms with Gasteiger partial charge in [-0.3, -0.25) is 10.1 Å². The first-order valence-electron chi connectivity index (χ1n) is 3.39. The van der Waals surface area contributed by atoms with Crippen molar-refractivity contribution in [1.29, 1.82) is 0 Å². The van der Waals surface area contributed by atoms with Crippen molar-refractivity contribution < 1.29 is 13.3 Å². The summed E-state index contributed by atoms with van der Waals surface area (Å²) in [5, 5.41) is 15.2. The van der Waals surface area contributed by atoms with E-state index in [0.29, 0.717) is 0 Å². The van der Waals surface area contributed by atoms with Crippen molar-refractivity contribution >= 4 is 43.2 Å². The summed E-state index contributed by atoms with van der Waals surface area (Å²) in [5.41, 5.74) is -0.413. The lowest BCUT2D eigenvalue weighted by Crippen LogP contribution is -2.13. The van der Waals surface area contributed by atoms with Crippen LogP contribution in [-0.4, -0.2) is 13.3 Å². The van der Waals surface area contributed by atoms with E-state index in [2.05, 4.69) is 15.9 Å². The van der Waals surface area contributed by atoms with Crippen LogP contribution in [-0.2, 0) is 10.0 Å². The third kappa shape index (κ3) is 2.65. The summed E-state index contributed by atoms with van der Waals surface area (Å²) < 4.78 is 22.1. The molecule has 0 saturated carbocycles. The minimum atomic E-state index is -4.06. The van der Waals surface area contributed by atoms with Crippen LogP contribution >= 0.6 is 27.5 Å². The molecule has 0 atom stereocenters. The first-order chi connectivity index (χ1) is 6.73. The van der Waals surface area contributed by atoms with E-state index in [1.165, 1.54) is 0 Å². The van der Waals surface area contributed by atoms with Gasteiger partial charge >= 0.3 is 0 Å². The van der Waals surface area contributed by atoms with Gasteiger partial charge in [0, 0.05) is 6.07 Å². The molecule has 0 bridgehead atoms. The summed E-state index contributed by atoms with van der Waals surface area (Å²) in [4.78, 5) is 9.30. The molecule has 0 aliphatic rings. The molecule has 1 rings (SSSR count). The molecule has 1 aromatic carbocycles. The second kappa shape index (κ2) is 4.05. The highest BCUT2D eigenvalue weighted by atomic mass is 79.9. The zero-order chi connectivity index (χ0) is 11.8. The summed E-state index contributed by atoms with van der Waals surface area (Å²) in [6.07, 6.45) is 0. The maximum atomic E-state index is 11.0. The van der Waals surface area contributed by atoms with E-state index in [4.69, 9.17) is 16.7 Å². The number of nitrogens with zero attached hydrogens (tertiary/aromatic N) is 1. The Morgan fingerprint density at radius 1 is 1.47 bits per heavy atom. The van der Waals surface area contributed by atoms with Crippen molar-refractivity contribution in [2.24, 2.45) is 5.14 Å². The molecule has 0 radical (unpaired) electrons. The Morgan fingerprint density at radius 2 is 2.00 bits per heavy atom. The van der Waals surface area contributed by atoms with E-state index in [0.717, 1.165) is 12.1 Å². The molecule has 15 heavy (non-hydrogen) atoms. The lowest BCUT2D eigenvalue weighted by atomic mass is 10.3. The smallest absolute Gasteiger partial charge is 0.258 e. The number of hydrogen-bond acceptors (Lipinski definition) is 4. The van der Waals surface area contributed by atoms with Gasteiger partial charge in [-0.1, -0.05) is 11.6 Å². The Morgan fingerprint density at radius 3 is 2.40 bits per heavy atom. The molecule has 82 valence electrons. The van der Waals surface area contributed by atoms with E-state index in [1.54, 1.807) is 0 Å². The van der Waals surface area contributed by atoms with Gasteiger partial charge < -0.3 is 0 Å². The van der Waals surface area contributed by atoms with Crippen molar-refractivity contribution in [1.82, 2.24) is 0 Å². The fourth-order valence-electron chi connectivity index (χ4n) is 0.876. The molecular weight excluding hydrogens is 312 g/mol. The third-order valence-corrected chi connectivity index (χ3v) is 3.52. The zero-order valence-electron chi connectivity index (χ0n) is 6.98. The van der Waals surface area contributed by atoms with Crippen molar-refractivity contribution in [3.05, 3.63) is 31.7 Å². The molecule has 1 aromatic rings. The van der Waals surface area contributed by atoms with Crippen LogP contribution in [0, 0.1) is 10.1 Å². The molecule has 0 aliphatic carbocycles. The number of benzene rings is 1. The fraction of sp³-hybridized carbons (Fsp3) is 0. The number of nitrogens with two attached hydrogens (primary N) is 1. The Kier molecular flexibility index (Phi) is 3.34. The normalized spacial score (nSPS) is 11.4. The minimum Gasteiger partial charge on any atom is -0.258 e. The monoisotopic (exact) mass is 314 g/mol. The predicted octanol–water partition coefficient (Wildman–Crippen LogP) is 1.66. The fourth-order valence-corrected chi connectivity index (χ4v) is 2.59. The quantitative estimate of drug-likeness (QED) is 0.662. The maximum Gasteiger partial charge on any atom is 0.284 e. The average Bonchev–Trinajstić information content (AvgIpc) is 2.00. The van der Waals surface area contributed by atoms with Crippen molar-refractivity contribution in [3.63, 3.8) is 0 Å². The number of primary sulfonamides is 1. The third-order valence-electron chi connectivity index (χ3n) is 1.50. The Hall–Kier alpha value is -0.700. The molecule has 9 heteroatoms. The van der Waals surface area contributed by atoms with Crippen molar-refractivity contribution in [2.45, 2.75) is 4.90 Å². The molecule has 0 spiro atoms. The van der Waals surface area contributed by atoms with E-state index in [1.807, 2.05) is 0 Å². The topological polar surface area (TPSA) is 103 Å². The molecule has 0 aromatic heterocycles. The average molecular weight is 316 g/mol. The lowest BCUT2D eigenvalue weighted by molar-refractivity contribution is -0.385. The lowest BCUT2D eigenvalue weighted by Gasteiger charge is -2.02. The number of hydrogen-bond donors (Lipinski definition) is 1. The summed E-state index contributed by atoms with van der Waals surface area (Å²) >= 11 is 8.47. The molecule has 6 nitrogen and oxygen atoms in total.